The van der Waals surface area contributed by atoms with Crippen molar-refractivity contribution in [3.8, 4) is 0 Å². The van der Waals surface area contributed by atoms with Crippen LogP contribution in [0.3, 0.4) is 0 Å². The molecular formula is C25H30N4O5. The number of methoxy groups -OCH3 is 1. The molecule has 180 valence electrons. The molecule has 0 bridgehead atoms. The minimum absolute atomic E-state index is 0.129. The molecule has 3 rings (SSSR count). The first-order chi connectivity index (χ1) is 16.2. The maximum Gasteiger partial charge on any atom is 0.407 e. The summed E-state index contributed by atoms with van der Waals surface area (Å²) in [6.45, 7) is 6.46. The van der Waals surface area contributed by atoms with Gasteiger partial charge >= 0.3 is 6.09 Å². The van der Waals surface area contributed by atoms with Crippen LogP contribution >= 0.6 is 0 Å². The first-order valence-electron chi connectivity index (χ1n) is 11.0. The van der Waals surface area contributed by atoms with Gasteiger partial charge in [0.2, 0.25) is 0 Å². The summed E-state index contributed by atoms with van der Waals surface area (Å²) in [4.78, 5) is 46.3. The van der Waals surface area contributed by atoms with Gasteiger partial charge in [0, 0.05) is 25.8 Å². The number of carbonyl (C=O) groups is 2. The molecule has 0 spiro atoms. The fraction of sp³-hybridized carbons (Fsp3) is 0.360. The van der Waals surface area contributed by atoms with Gasteiger partial charge in [-0.2, -0.15) is 0 Å². The summed E-state index contributed by atoms with van der Waals surface area (Å²) in [5.74, 6) is 0.172. The summed E-state index contributed by atoms with van der Waals surface area (Å²) in [5, 5.41) is 3.19. The Labute approximate surface area is 198 Å². The lowest BCUT2D eigenvalue weighted by Crippen LogP contribution is -2.34. The third kappa shape index (κ3) is 6.89. The van der Waals surface area contributed by atoms with E-state index >= 15 is 0 Å². The van der Waals surface area contributed by atoms with Crippen molar-refractivity contribution in [2.75, 3.05) is 20.3 Å². The first kappa shape index (κ1) is 24.9. The second-order valence-electron chi connectivity index (χ2n) is 8.80. The van der Waals surface area contributed by atoms with Crippen molar-refractivity contribution in [1.29, 1.82) is 0 Å². The highest BCUT2D eigenvalue weighted by atomic mass is 16.6. The fourth-order valence-corrected chi connectivity index (χ4v) is 3.28. The van der Waals surface area contributed by atoms with Gasteiger partial charge in [-0.05, 0) is 50.6 Å². The van der Waals surface area contributed by atoms with Gasteiger partial charge in [0.25, 0.3) is 11.5 Å². The minimum Gasteiger partial charge on any atom is -0.444 e. The van der Waals surface area contributed by atoms with Crippen molar-refractivity contribution in [2.24, 2.45) is 0 Å². The number of aromatic amines is 1. The van der Waals surface area contributed by atoms with Crippen LogP contribution in [0.1, 0.15) is 42.5 Å². The molecule has 0 aliphatic rings. The summed E-state index contributed by atoms with van der Waals surface area (Å²) < 4.78 is 10.4. The summed E-state index contributed by atoms with van der Waals surface area (Å²) in [5.41, 5.74) is 1.05. The molecule has 3 aromatic rings. The van der Waals surface area contributed by atoms with E-state index in [1.54, 1.807) is 75.2 Å². The van der Waals surface area contributed by atoms with Crippen molar-refractivity contribution in [3.63, 3.8) is 0 Å². The highest BCUT2D eigenvalue weighted by Gasteiger charge is 2.19. The van der Waals surface area contributed by atoms with E-state index in [-0.39, 0.29) is 24.6 Å². The van der Waals surface area contributed by atoms with Crippen LogP contribution in [0.4, 0.5) is 4.79 Å². The van der Waals surface area contributed by atoms with Gasteiger partial charge in [-0.3, -0.25) is 9.59 Å². The average Bonchev–Trinajstić information content (AvgIpc) is 2.79. The molecular weight excluding hydrogens is 436 g/mol. The Hall–Kier alpha value is -3.72. The molecule has 2 aromatic carbocycles. The van der Waals surface area contributed by atoms with E-state index in [4.69, 9.17) is 9.47 Å². The summed E-state index contributed by atoms with van der Waals surface area (Å²) in [7, 11) is 1.56. The predicted octanol–water partition coefficient (Wildman–Crippen LogP) is 3.24. The molecule has 0 radical (unpaired) electrons. The number of amides is 2. The van der Waals surface area contributed by atoms with Crippen LogP contribution in [-0.4, -0.2) is 52.7 Å². The molecule has 2 N–H and O–H groups in total. The number of hydrogen-bond donors (Lipinski definition) is 2. The Balaban J connectivity index is 1.71. The molecule has 0 unspecified atom stereocenters. The molecule has 1 aromatic heterocycles. The third-order valence-corrected chi connectivity index (χ3v) is 4.89. The lowest BCUT2D eigenvalue weighted by Gasteiger charge is -2.22. The van der Waals surface area contributed by atoms with Crippen LogP contribution in [0.25, 0.3) is 10.9 Å². The van der Waals surface area contributed by atoms with Crippen LogP contribution in [0.15, 0.2) is 53.3 Å². The Morgan fingerprint density at radius 3 is 2.47 bits per heavy atom. The third-order valence-electron chi connectivity index (χ3n) is 4.89. The second kappa shape index (κ2) is 10.9. The number of rotatable bonds is 8. The van der Waals surface area contributed by atoms with Crippen LogP contribution in [0.2, 0.25) is 0 Å². The number of nitrogens with zero attached hydrogens (tertiary/aromatic N) is 2. The van der Waals surface area contributed by atoms with Crippen molar-refractivity contribution in [3.05, 3.63) is 75.8 Å². The van der Waals surface area contributed by atoms with Crippen molar-refractivity contribution in [2.45, 2.75) is 39.5 Å². The largest absolute Gasteiger partial charge is 0.444 e. The molecule has 0 saturated carbocycles. The number of benzene rings is 2. The zero-order valence-corrected chi connectivity index (χ0v) is 19.9. The van der Waals surface area contributed by atoms with E-state index in [1.807, 2.05) is 6.07 Å². The van der Waals surface area contributed by atoms with Gasteiger partial charge in [-0.1, -0.05) is 24.3 Å². The normalized spacial score (nSPS) is 11.3. The Morgan fingerprint density at radius 2 is 1.79 bits per heavy atom. The van der Waals surface area contributed by atoms with Crippen molar-refractivity contribution >= 4 is 22.9 Å². The fourth-order valence-electron chi connectivity index (χ4n) is 3.28. The molecule has 0 aliphatic heterocycles. The number of carbonyl (C=O) groups excluding carboxylic acids is 2. The molecule has 9 heteroatoms. The number of H-pyrrole nitrogens is 1. The Bertz CT molecular complexity index is 1200. The number of alkyl carbamates (subject to hydrolysis) is 1. The van der Waals surface area contributed by atoms with E-state index in [0.717, 1.165) is 5.56 Å². The van der Waals surface area contributed by atoms with Crippen LogP contribution in [0, 0.1) is 0 Å². The van der Waals surface area contributed by atoms with Crippen molar-refractivity contribution in [1.82, 2.24) is 20.2 Å². The number of fused-ring (bicyclic) bond motifs is 1. The van der Waals surface area contributed by atoms with E-state index in [0.29, 0.717) is 35.4 Å². The molecule has 0 aliphatic carbocycles. The van der Waals surface area contributed by atoms with Gasteiger partial charge in [-0.25, -0.2) is 9.78 Å². The zero-order chi connectivity index (χ0) is 24.7. The lowest BCUT2D eigenvalue weighted by molar-refractivity contribution is 0.0523. The summed E-state index contributed by atoms with van der Waals surface area (Å²) >= 11 is 0. The Morgan fingerprint density at radius 1 is 1.09 bits per heavy atom. The van der Waals surface area contributed by atoms with E-state index < -0.39 is 11.7 Å². The highest BCUT2D eigenvalue weighted by molar-refractivity contribution is 5.94. The summed E-state index contributed by atoms with van der Waals surface area (Å²) in [6, 6.07) is 14.0. The number of ether oxygens (including phenoxy) is 2. The zero-order valence-electron chi connectivity index (χ0n) is 19.9. The van der Waals surface area contributed by atoms with Crippen molar-refractivity contribution < 1.29 is 19.1 Å². The van der Waals surface area contributed by atoms with Gasteiger partial charge in [0.1, 0.15) is 11.4 Å². The SMILES string of the molecule is COCCN(Cc1nc2ccccc2c(=O)[nH]1)C(=O)c1ccc(CNC(=O)OC(C)(C)C)cc1. The number of nitrogens with one attached hydrogen (secondary N) is 2. The molecule has 2 amide bonds. The molecule has 1 heterocycles. The smallest absolute Gasteiger partial charge is 0.407 e. The number of aromatic nitrogens is 2. The second-order valence-corrected chi connectivity index (χ2v) is 8.80. The molecule has 0 saturated heterocycles. The lowest BCUT2D eigenvalue weighted by atomic mass is 10.1. The maximum atomic E-state index is 13.2. The number of hydrogen-bond acceptors (Lipinski definition) is 6. The van der Waals surface area contributed by atoms with Gasteiger partial charge < -0.3 is 24.7 Å². The van der Waals surface area contributed by atoms with E-state index in [2.05, 4.69) is 15.3 Å². The standard InChI is InChI=1S/C25H30N4O5/c1-25(2,3)34-24(32)26-15-17-9-11-18(12-10-17)23(31)29(13-14-33-4)16-21-27-20-8-6-5-7-19(20)22(30)28-21/h5-12H,13-16H2,1-4H3,(H,26,32)(H,27,28,30). The first-order valence-corrected chi connectivity index (χ1v) is 11.0. The topological polar surface area (TPSA) is 114 Å². The minimum atomic E-state index is -0.573. The molecule has 0 atom stereocenters. The van der Waals surface area contributed by atoms with Gasteiger partial charge in [0.15, 0.2) is 0 Å². The molecule has 9 nitrogen and oxygen atoms in total. The summed E-state index contributed by atoms with van der Waals surface area (Å²) in [6.07, 6.45) is -0.504. The van der Waals surface area contributed by atoms with Crippen LogP contribution < -0.4 is 10.9 Å². The Kier molecular flexibility index (Phi) is 8.01. The quantitative estimate of drug-likeness (QED) is 0.527. The maximum absolute atomic E-state index is 13.2. The predicted molar refractivity (Wildman–Crippen MR) is 128 cm³/mol. The number of para-hydroxylation sites is 1. The van der Waals surface area contributed by atoms with Gasteiger partial charge in [-0.15, -0.1) is 0 Å². The van der Waals surface area contributed by atoms with E-state index in [1.165, 1.54) is 0 Å². The monoisotopic (exact) mass is 466 g/mol. The molecule has 0 fully saturated rings. The highest BCUT2D eigenvalue weighted by Crippen LogP contribution is 2.12. The average molecular weight is 467 g/mol. The van der Waals surface area contributed by atoms with E-state index in [9.17, 15) is 14.4 Å². The van der Waals surface area contributed by atoms with Crippen LogP contribution in [0.5, 0.6) is 0 Å². The van der Waals surface area contributed by atoms with Gasteiger partial charge in [0.05, 0.1) is 24.1 Å². The molecule has 34 heavy (non-hydrogen) atoms. The van der Waals surface area contributed by atoms with Crippen LogP contribution in [-0.2, 0) is 22.6 Å².